The number of aromatic nitrogens is 3. The lowest BCUT2D eigenvalue weighted by Gasteiger charge is -2.12. The number of halogens is 2. The number of hydrogen-bond acceptors (Lipinski definition) is 2. The van der Waals surface area contributed by atoms with E-state index in [1.807, 2.05) is 17.6 Å². The third-order valence-corrected chi connectivity index (χ3v) is 3.36. The summed E-state index contributed by atoms with van der Waals surface area (Å²) in [6.45, 7) is 6.96. The zero-order valence-corrected chi connectivity index (χ0v) is 12.9. The molecule has 1 heterocycles. The Morgan fingerprint density at radius 1 is 1.32 bits per heavy atom. The molecule has 0 radical (unpaired) electrons. The summed E-state index contributed by atoms with van der Waals surface area (Å²) >= 11 is 3.40. The van der Waals surface area contributed by atoms with Crippen molar-refractivity contribution >= 4 is 15.9 Å². The smallest absolute Gasteiger partial charge is 0.166 e. The highest BCUT2D eigenvalue weighted by molar-refractivity contribution is 9.08. The molecule has 2 rings (SSSR count). The van der Waals surface area contributed by atoms with E-state index >= 15 is 0 Å². The SMILES string of the molecule is Cc1ccc(F)c(-c2nnc(CBr)n2CC(C)C)c1. The van der Waals surface area contributed by atoms with Crippen molar-refractivity contribution in [2.45, 2.75) is 32.6 Å². The summed E-state index contributed by atoms with van der Waals surface area (Å²) in [6, 6.07) is 5.05. The van der Waals surface area contributed by atoms with Gasteiger partial charge in [-0.15, -0.1) is 10.2 Å². The maximum atomic E-state index is 14.0. The van der Waals surface area contributed by atoms with Crippen LogP contribution in [-0.4, -0.2) is 14.8 Å². The Labute approximate surface area is 121 Å². The standard InChI is InChI=1S/C14H17BrFN3/c1-9(2)8-19-13(7-15)17-18-14(19)11-6-10(3)4-5-12(11)16/h4-6,9H,7-8H2,1-3H3. The maximum absolute atomic E-state index is 14.0. The van der Waals surface area contributed by atoms with Crippen LogP contribution in [0.25, 0.3) is 11.4 Å². The second kappa shape index (κ2) is 5.82. The minimum atomic E-state index is -0.260. The van der Waals surface area contributed by atoms with Crippen LogP contribution in [-0.2, 0) is 11.9 Å². The van der Waals surface area contributed by atoms with E-state index in [-0.39, 0.29) is 5.82 Å². The van der Waals surface area contributed by atoms with Gasteiger partial charge < -0.3 is 4.57 Å². The summed E-state index contributed by atoms with van der Waals surface area (Å²) in [7, 11) is 0. The summed E-state index contributed by atoms with van der Waals surface area (Å²) in [5, 5.41) is 8.90. The number of hydrogen-bond donors (Lipinski definition) is 0. The molecule has 0 N–H and O–H groups in total. The van der Waals surface area contributed by atoms with E-state index in [2.05, 4.69) is 40.0 Å². The molecule has 102 valence electrons. The fourth-order valence-corrected chi connectivity index (χ4v) is 2.42. The molecule has 0 saturated heterocycles. The van der Waals surface area contributed by atoms with Gasteiger partial charge in [-0.2, -0.15) is 0 Å². The monoisotopic (exact) mass is 325 g/mol. The van der Waals surface area contributed by atoms with Gasteiger partial charge in [0.1, 0.15) is 11.6 Å². The lowest BCUT2D eigenvalue weighted by Crippen LogP contribution is -2.09. The molecule has 0 aliphatic carbocycles. The molecule has 1 aromatic heterocycles. The molecular weight excluding hydrogens is 309 g/mol. The van der Waals surface area contributed by atoms with Crippen LogP contribution in [0, 0.1) is 18.7 Å². The Morgan fingerprint density at radius 2 is 2.05 bits per heavy atom. The van der Waals surface area contributed by atoms with Gasteiger partial charge >= 0.3 is 0 Å². The van der Waals surface area contributed by atoms with E-state index in [0.29, 0.717) is 22.6 Å². The molecule has 3 nitrogen and oxygen atoms in total. The fraction of sp³-hybridized carbons (Fsp3) is 0.429. The summed E-state index contributed by atoms with van der Waals surface area (Å²) in [6.07, 6.45) is 0. The van der Waals surface area contributed by atoms with E-state index in [1.165, 1.54) is 6.07 Å². The van der Waals surface area contributed by atoms with Crippen molar-refractivity contribution in [3.05, 3.63) is 35.4 Å². The first-order chi connectivity index (χ1) is 9.02. The van der Waals surface area contributed by atoms with Crippen LogP contribution in [0.2, 0.25) is 0 Å². The lowest BCUT2D eigenvalue weighted by molar-refractivity contribution is 0.514. The zero-order chi connectivity index (χ0) is 14.0. The third-order valence-electron chi connectivity index (χ3n) is 2.86. The van der Waals surface area contributed by atoms with E-state index < -0.39 is 0 Å². The van der Waals surface area contributed by atoms with Crippen LogP contribution in [0.4, 0.5) is 4.39 Å². The summed E-state index contributed by atoms with van der Waals surface area (Å²) in [5.74, 6) is 1.61. The van der Waals surface area contributed by atoms with Gasteiger partial charge in [-0.25, -0.2) is 4.39 Å². The Bertz CT molecular complexity index is 578. The van der Waals surface area contributed by atoms with Crippen LogP contribution < -0.4 is 0 Å². The van der Waals surface area contributed by atoms with Crippen LogP contribution >= 0.6 is 15.9 Å². The Morgan fingerprint density at radius 3 is 2.68 bits per heavy atom. The van der Waals surface area contributed by atoms with Gasteiger partial charge in [0.25, 0.3) is 0 Å². The highest BCUT2D eigenvalue weighted by Gasteiger charge is 2.17. The van der Waals surface area contributed by atoms with Crippen LogP contribution in [0.3, 0.4) is 0 Å². The molecule has 1 aromatic carbocycles. The van der Waals surface area contributed by atoms with E-state index in [9.17, 15) is 4.39 Å². The van der Waals surface area contributed by atoms with Gasteiger partial charge in [0.2, 0.25) is 0 Å². The molecule has 0 saturated carbocycles. The summed E-state index contributed by atoms with van der Waals surface area (Å²) in [5.41, 5.74) is 1.52. The molecule has 0 fully saturated rings. The second-order valence-corrected chi connectivity index (χ2v) is 5.62. The zero-order valence-electron chi connectivity index (χ0n) is 11.3. The molecule has 0 aliphatic heterocycles. The van der Waals surface area contributed by atoms with Crippen molar-refractivity contribution in [3.8, 4) is 11.4 Å². The van der Waals surface area contributed by atoms with Crippen molar-refractivity contribution < 1.29 is 4.39 Å². The Balaban J connectivity index is 2.55. The van der Waals surface area contributed by atoms with Gasteiger partial charge in [0.15, 0.2) is 5.82 Å². The Hall–Kier alpha value is -1.23. The average Bonchev–Trinajstić information content (AvgIpc) is 2.74. The molecular formula is C14H17BrFN3. The highest BCUT2D eigenvalue weighted by Crippen LogP contribution is 2.24. The predicted molar refractivity (Wildman–Crippen MR) is 77.6 cm³/mol. The minimum absolute atomic E-state index is 0.260. The third kappa shape index (κ3) is 3.03. The first-order valence-electron chi connectivity index (χ1n) is 6.27. The molecule has 0 aliphatic rings. The normalized spacial score (nSPS) is 11.3. The fourth-order valence-electron chi connectivity index (χ4n) is 2.00. The molecule has 2 aromatic rings. The molecule has 0 unspecified atom stereocenters. The molecule has 0 spiro atoms. The van der Waals surface area contributed by atoms with E-state index in [1.54, 1.807) is 6.07 Å². The Kier molecular flexibility index (Phi) is 4.34. The van der Waals surface area contributed by atoms with Crippen LogP contribution in [0.1, 0.15) is 25.2 Å². The first kappa shape index (κ1) is 14.2. The number of benzene rings is 1. The summed E-state index contributed by atoms with van der Waals surface area (Å²) in [4.78, 5) is 0. The second-order valence-electron chi connectivity index (χ2n) is 5.06. The number of rotatable bonds is 4. The van der Waals surface area contributed by atoms with Gasteiger partial charge in [0.05, 0.1) is 10.9 Å². The van der Waals surface area contributed by atoms with Crippen molar-refractivity contribution in [2.24, 2.45) is 5.92 Å². The van der Waals surface area contributed by atoms with Crippen LogP contribution in [0.15, 0.2) is 18.2 Å². The predicted octanol–water partition coefficient (Wildman–Crippen LogP) is 3.94. The average molecular weight is 326 g/mol. The molecule has 0 bridgehead atoms. The van der Waals surface area contributed by atoms with Crippen molar-refractivity contribution in [3.63, 3.8) is 0 Å². The number of nitrogens with zero attached hydrogens (tertiary/aromatic N) is 3. The number of alkyl halides is 1. The minimum Gasteiger partial charge on any atom is -0.310 e. The summed E-state index contributed by atoms with van der Waals surface area (Å²) < 4.78 is 16.0. The highest BCUT2D eigenvalue weighted by atomic mass is 79.9. The largest absolute Gasteiger partial charge is 0.310 e. The first-order valence-corrected chi connectivity index (χ1v) is 7.39. The van der Waals surface area contributed by atoms with Gasteiger partial charge in [-0.1, -0.05) is 41.4 Å². The maximum Gasteiger partial charge on any atom is 0.166 e. The molecule has 5 heteroatoms. The van der Waals surface area contributed by atoms with Crippen molar-refractivity contribution in [2.75, 3.05) is 0 Å². The van der Waals surface area contributed by atoms with Crippen molar-refractivity contribution in [1.82, 2.24) is 14.8 Å². The van der Waals surface area contributed by atoms with Crippen molar-refractivity contribution in [1.29, 1.82) is 0 Å². The van der Waals surface area contributed by atoms with Gasteiger partial charge in [-0.05, 0) is 25.0 Å². The quantitative estimate of drug-likeness (QED) is 0.797. The van der Waals surface area contributed by atoms with Crippen LogP contribution in [0.5, 0.6) is 0 Å². The molecule has 19 heavy (non-hydrogen) atoms. The molecule has 0 atom stereocenters. The molecule has 0 amide bonds. The van der Waals surface area contributed by atoms with E-state index in [4.69, 9.17) is 0 Å². The van der Waals surface area contributed by atoms with Gasteiger partial charge in [-0.3, -0.25) is 0 Å². The van der Waals surface area contributed by atoms with E-state index in [0.717, 1.165) is 17.9 Å². The lowest BCUT2D eigenvalue weighted by atomic mass is 10.1. The number of aryl methyl sites for hydroxylation is 1. The topological polar surface area (TPSA) is 30.7 Å². The van der Waals surface area contributed by atoms with Gasteiger partial charge in [0, 0.05) is 6.54 Å².